The van der Waals surface area contributed by atoms with E-state index in [0.717, 1.165) is 10.1 Å². The van der Waals surface area contributed by atoms with E-state index in [1.165, 1.54) is 0 Å². The second-order valence-electron chi connectivity index (χ2n) is 2.41. The van der Waals surface area contributed by atoms with E-state index in [2.05, 4.69) is 15.3 Å². The van der Waals surface area contributed by atoms with Crippen LogP contribution in [0, 0.1) is 6.92 Å². The standard InChI is InChI=1S/C6H5ClN4O/c1-3-2-4(7)10-11-5(3)8-9-6(11)12/h2H,1H3,(H,9,12). The molecule has 0 aromatic carbocycles. The maximum absolute atomic E-state index is 11.0. The molecular formula is C6H5ClN4O. The molecule has 0 saturated carbocycles. The van der Waals surface area contributed by atoms with Crippen LogP contribution < -0.4 is 5.69 Å². The van der Waals surface area contributed by atoms with Crippen LogP contribution in [-0.2, 0) is 0 Å². The number of aromatic amines is 1. The summed E-state index contributed by atoms with van der Waals surface area (Å²) in [5.41, 5.74) is 0.938. The highest BCUT2D eigenvalue weighted by Gasteiger charge is 2.04. The SMILES string of the molecule is Cc1cc(Cl)nn2c(=O)[nH]nc12. The van der Waals surface area contributed by atoms with Gasteiger partial charge >= 0.3 is 5.69 Å². The number of hydrogen-bond acceptors (Lipinski definition) is 3. The van der Waals surface area contributed by atoms with Crippen LogP contribution >= 0.6 is 11.6 Å². The summed E-state index contributed by atoms with van der Waals surface area (Å²) in [6.07, 6.45) is 0. The number of nitrogens with zero attached hydrogens (tertiary/aromatic N) is 3. The predicted molar refractivity (Wildman–Crippen MR) is 43.4 cm³/mol. The fourth-order valence-electron chi connectivity index (χ4n) is 1.01. The van der Waals surface area contributed by atoms with E-state index in [9.17, 15) is 4.79 Å². The van der Waals surface area contributed by atoms with E-state index in [0.29, 0.717) is 5.65 Å². The summed E-state index contributed by atoms with van der Waals surface area (Å²) in [5.74, 6) is 0. The maximum atomic E-state index is 11.0. The third-order valence-corrected chi connectivity index (χ3v) is 1.72. The molecule has 0 radical (unpaired) electrons. The summed E-state index contributed by atoms with van der Waals surface area (Å²) in [4.78, 5) is 11.0. The molecule has 5 nitrogen and oxygen atoms in total. The van der Waals surface area contributed by atoms with Gasteiger partial charge in [-0.3, -0.25) is 0 Å². The average Bonchev–Trinajstić information content (AvgIpc) is 2.33. The lowest BCUT2D eigenvalue weighted by atomic mass is 10.3. The van der Waals surface area contributed by atoms with Crippen molar-refractivity contribution in [1.82, 2.24) is 19.8 Å². The molecule has 0 atom stereocenters. The molecule has 2 rings (SSSR count). The highest BCUT2D eigenvalue weighted by atomic mass is 35.5. The van der Waals surface area contributed by atoms with Gasteiger partial charge in [-0.2, -0.15) is 9.61 Å². The van der Waals surface area contributed by atoms with Crippen LogP contribution in [0.3, 0.4) is 0 Å². The number of H-pyrrole nitrogens is 1. The Morgan fingerprint density at radius 1 is 1.67 bits per heavy atom. The molecule has 0 amide bonds. The van der Waals surface area contributed by atoms with Gasteiger partial charge in [0.25, 0.3) is 0 Å². The van der Waals surface area contributed by atoms with Crippen molar-refractivity contribution in [2.75, 3.05) is 0 Å². The number of aromatic nitrogens is 4. The van der Waals surface area contributed by atoms with E-state index in [4.69, 9.17) is 11.6 Å². The van der Waals surface area contributed by atoms with Crippen LogP contribution in [0.25, 0.3) is 5.65 Å². The number of nitrogens with one attached hydrogen (secondary N) is 1. The van der Waals surface area contributed by atoms with Crippen LogP contribution in [-0.4, -0.2) is 19.8 Å². The number of fused-ring (bicyclic) bond motifs is 1. The fourth-order valence-corrected chi connectivity index (χ4v) is 1.25. The monoisotopic (exact) mass is 184 g/mol. The van der Waals surface area contributed by atoms with Gasteiger partial charge in [0.1, 0.15) is 0 Å². The molecule has 0 unspecified atom stereocenters. The van der Waals surface area contributed by atoms with Crippen molar-refractivity contribution in [3.05, 3.63) is 27.3 Å². The van der Waals surface area contributed by atoms with Gasteiger partial charge in [0.2, 0.25) is 0 Å². The summed E-state index contributed by atoms with van der Waals surface area (Å²) in [6.45, 7) is 1.81. The van der Waals surface area contributed by atoms with Crippen molar-refractivity contribution in [2.45, 2.75) is 6.92 Å². The number of rotatable bonds is 0. The number of aryl methyl sites for hydroxylation is 1. The lowest BCUT2D eigenvalue weighted by Crippen LogP contribution is -2.12. The van der Waals surface area contributed by atoms with Gasteiger partial charge in [0.15, 0.2) is 10.8 Å². The van der Waals surface area contributed by atoms with E-state index in [1.54, 1.807) is 6.07 Å². The minimum atomic E-state index is -0.379. The van der Waals surface area contributed by atoms with Crippen LogP contribution in [0.2, 0.25) is 5.15 Å². The molecule has 0 aliphatic rings. The largest absolute Gasteiger partial charge is 0.364 e. The van der Waals surface area contributed by atoms with Gasteiger partial charge in [-0.15, -0.1) is 5.10 Å². The molecule has 2 heterocycles. The second kappa shape index (κ2) is 2.31. The van der Waals surface area contributed by atoms with Gasteiger partial charge < -0.3 is 0 Å². The Morgan fingerprint density at radius 2 is 2.42 bits per heavy atom. The van der Waals surface area contributed by atoms with Crippen LogP contribution in [0.1, 0.15) is 5.56 Å². The van der Waals surface area contributed by atoms with Crippen molar-refractivity contribution in [1.29, 1.82) is 0 Å². The Balaban J connectivity index is 3.02. The summed E-state index contributed by atoms with van der Waals surface area (Å²) in [7, 11) is 0. The first-order chi connectivity index (χ1) is 5.68. The van der Waals surface area contributed by atoms with Crippen molar-refractivity contribution < 1.29 is 0 Å². The Kier molecular flexibility index (Phi) is 1.41. The minimum absolute atomic E-state index is 0.281. The Hall–Kier alpha value is -1.36. The smallest absolute Gasteiger partial charge is 0.244 e. The molecule has 0 fully saturated rings. The Labute approximate surface area is 72.0 Å². The first kappa shape index (κ1) is 7.30. The number of hydrogen-bond donors (Lipinski definition) is 1. The molecule has 0 bridgehead atoms. The van der Waals surface area contributed by atoms with Crippen LogP contribution in [0.15, 0.2) is 10.9 Å². The topological polar surface area (TPSA) is 63.1 Å². The first-order valence-electron chi connectivity index (χ1n) is 3.29. The zero-order valence-electron chi connectivity index (χ0n) is 6.21. The molecule has 1 N–H and O–H groups in total. The van der Waals surface area contributed by atoms with E-state index < -0.39 is 0 Å². The number of halogens is 1. The first-order valence-corrected chi connectivity index (χ1v) is 3.67. The third-order valence-electron chi connectivity index (χ3n) is 1.53. The van der Waals surface area contributed by atoms with Crippen LogP contribution in [0.4, 0.5) is 0 Å². The van der Waals surface area contributed by atoms with Crippen molar-refractivity contribution >= 4 is 17.2 Å². The molecular weight excluding hydrogens is 180 g/mol. The van der Waals surface area contributed by atoms with Crippen LogP contribution in [0.5, 0.6) is 0 Å². The fraction of sp³-hybridized carbons (Fsp3) is 0.167. The molecule has 2 aromatic rings. The van der Waals surface area contributed by atoms with E-state index in [-0.39, 0.29) is 10.8 Å². The molecule has 6 heteroatoms. The zero-order valence-corrected chi connectivity index (χ0v) is 6.96. The quantitative estimate of drug-likeness (QED) is 0.644. The highest BCUT2D eigenvalue weighted by Crippen LogP contribution is 2.08. The lowest BCUT2D eigenvalue weighted by Gasteiger charge is -1.94. The molecule has 0 aliphatic heterocycles. The van der Waals surface area contributed by atoms with Crippen molar-refractivity contribution in [3.8, 4) is 0 Å². The zero-order chi connectivity index (χ0) is 8.72. The molecule has 2 aromatic heterocycles. The Bertz CT molecular complexity index is 486. The van der Waals surface area contributed by atoms with Gasteiger partial charge in [0, 0.05) is 0 Å². The predicted octanol–water partition coefficient (Wildman–Crippen LogP) is 0.379. The normalized spacial score (nSPS) is 10.8. The molecule has 0 spiro atoms. The third kappa shape index (κ3) is 0.902. The Morgan fingerprint density at radius 3 is 3.17 bits per heavy atom. The molecule has 0 saturated heterocycles. The molecule has 12 heavy (non-hydrogen) atoms. The molecule has 0 aliphatic carbocycles. The summed E-state index contributed by atoms with van der Waals surface area (Å²) in [6, 6.07) is 1.65. The minimum Gasteiger partial charge on any atom is -0.244 e. The average molecular weight is 185 g/mol. The maximum Gasteiger partial charge on any atom is 0.364 e. The highest BCUT2D eigenvalue weighted by molar-refractivity contribution is 6.29. The van der Waals surface area contributed by atoms with Gasteiger partial charge in [-0.05, 0) is 18.6 Å². The summed E-state index contributed by atoms with van der Waals surface area (Å²) < 4.78 is 1.14. The van der Waals surface area contributed by atoms with E-state index in [1.807, 2.05) is 6.92 Å². The van der Waals surface area contributed by atoms with Crippen molar-refractivity contribution in [3.63, 3.8) is 0 Å². The van der Waals surface area contributed by atoms with Gasteiger partial charge in [-0.25, -0.2) is 9.89 Å². The summed E-state index contributed by atoms with van der Waals surface area (Å²) in [5, 5.41) is 10.1. The van der Waals surface area contributed by atoms with Crippen molar-refractivity contribution in [2.24, 2.45) is 0 Å². The van der Waals surface area contributed by atoms with Gasteiger partial charge in [-0.1, -0.05) is 11.6 Å². The lowest BCUT2D eigenvalue weighted by molar-refractivity contribution is 0.876. The van der Waals surface area contributed by atoms with E-state index >= 15 is 0 Å². The molecule has 62 valence electrons. The van der Waals surface area contributed by atoms with Gasteiger partial charge in [0.05, 0.1) is 0 Å². The second-order valence-corrected chi connectivity index (χ2v) is 2.80. The summed E-state index contributed by atoms with van der Waals surface area (Å²) >= 11 is 5.64.